The van der Waals surface area contributed by atoms with E-state index in [1.54, 1.807) is 6.20 Å². The molecule has 1 aromatic carbocycles. The van der Waals surface area contributed by atoms with Crippen LogP contribution >= 0.6 is 15.9 Å². The SMILES string of the molecule is CNCCc1nccc(NCc2ccc(Br)cc2)n1. The Balaban J connectivity index is 1.93. The molecule has 0 amide bonds. The molecule has 0 aliphatic rings. The predicted molar refractivity (Wildman–Crippen MR) is 81.1 cm³/mol. The molecule has 0 saturated heterocycles. The van der Waals surface area contributed by atoms with Crippen LogP contribution in [-0.4, -0.2) is 23.6 Å². The van der Waals surface area contributed by atoms with Crippen molar-refractivity contribution in [2.75, 3.05) is 18.9 Å². The molecule has 0 bridgehead atoms. The van der Waals surface area contributed by atoms with Gasteiger partial charge < -0.3 is 10.6 Å². The highest BCUT2D eigenvalue weighted by molar-refractivity contribution is 9.10. The fourth-order valence-electron chi connectivity index (χ4n) is 1.65. The predicted octanol–water partition coefficient (Wildman–Crippen LogP) is 2.61. The smallest absolute Gasteiger partial charge is 0.131 e. The first kappa shape index (κ1) is 14.0. The van der Waals surface area contributed by atoms with E-state index in [-0.39, 0.29) is 0 Å². The van der Waals surface area contributed by atoms with Crippen LogP contribution in [0, 0.1) is 0 Å². The van der Waals surface area contributed by atoms with Crippen molar-refractivity contribution >= 4 is 21.7 Å². The molecule has 0 radical (unpaired) electrons. The number of hydrogen-bond acceptors (Lipinski definition) is 4. The summed E-state index contributed by atoms with van der Waals surface area (Å²) in [5.74, 6) is 1.72. The lowest BCUT2D eigenvalue weighted by Crippen LogP contribution is -2.13. The quantitative estimate of drug-likeness (QED) is 0.859. The van der Waals surface area contributed by atoms with Crippen molar-refractivity contribution in [1.82, 2.24) is 15.3 Å². The summed E-state index contributed by atoms with van der Waals surface area (Å²) >= 11 is 3.43. The molecule has 2 N–H and O–H groups in total. The molecular weight excluding hydrogens is 304 g/mol. The molecule has 0 unspecified atom stereocenters. The second-order valence-electron chi connectivity index (χ2n) is 4.19. The minimum absolute atomic E-state index is 0.760. The van der Waals surface area contributed by atoms with E-state index in [2.05, 4.69) is 48.7 Å². The monoisotopic (exact) mass is 320 g/mol. The molecule has 0 saturated carbocycles. The lowest BCUT2D eigenvalue weighted by atomic mass is 10.2. The molecule has 0 fully saturated rings. The van der Waals surface area contributed by atoms with Crippen LogP contribution in [0.5, 0.6) is 0 Å². The van der Waals surface area contributed by atoms with E-state index in [4.69, 9.17) is 0 Å². The maximum Gasteiger partial charge on any atom is 0.131 e. The summed E-state index contributed by atoms with van der Waals surface area (Å²) in [6, 6.07) is 10.1. The van der Waals surface area contributed by atoms with Crippen molar-refractivity contribution in [2.45, 2.75) is 13.0 Å². The lowest BCUT2D eigenvalue weighted by molar-refractivity contribution is 0.755. The highest BCUT2D eigenvalue weighted by Gasteiger charge is 1.99. The standard InChI is InChI=1S/C14H17BrN4/c1-16-8-6-13-17-9-7-14(19-13)18-10-11-2-4-12(15)5-3-11/h2-5,7,9,16H,6,8,10H2,1H3,(H,17,18,19). The molecule has 1 aromatic heterocycles. The number of hydrogen-bond donors (Lipinski definition) is 2. The van der Waals surface area contributed by atoms with E-state index in [0.29, 0.717) is 0 Å². The summed E-state index contributed by atoms with van der Waals surface area (Å²) in [6.45, 7) is 1.64. The Morgan fingerprint density at radius 2 is 1.95 bits per heavy atom. The topological polar surface area (TPSA) is 49.8 Å². The minimum Gasteiger partial charge on any atom is -0.366 e. The molecule has 0 aliphatic heterocycles. The molecular formula is C14H17BrN4. The second kappa shape index (κ2) is 7.21. The largest absolute Gasteiger partial charge is 0.366 e. The van der Waals surface area contributed by atoms with Gasteiger partial charge in [-0.25, -0.2) is 9.97 Å². The summed E-state index contributed by atoms with van der Waals surface area (Å²) in [6.07, 6.45) is 2.63. The number of aromatic nitrogens is 2. The number of halogens is 1. The van der Waals surface area contributed by atoms with Gasteiger partial charge in [0.1, 0.15) is 11.6 Å². The Morgan fingerprint density at radius 3 is 2.68 bits per heavy atom. The van der Waals surface area contributed by atoms with Gasteiger partial charge in [-0.3, -0.25) is 0 Å². The van der Waals surface area contributed by atoms with E-state index in [0.717, 1.165) is 35.6 Å². The van der Waals surface area contributed by atoms with Crippen molar-refractivity contribution in [1.29, 1.82) is 0 Å². The lowest BCUT2D eigenvalue weighted by Gasteiger charge is -2.07. The zero-order chi connectivity index (χ0) is 13.5. The van der Waals surface area contributed by atoms with Crippen LogP contribution in [-0.2, 0) is 13.0 Å². The molecule has 0 aliphatic carbocycles. The van der Waals surface area contributed by atoms with Crippen molar-refractivity contribution in [3.8, 4) is 0 Å². The van der Waals surface area contributed by atoms with E-state index in [1.807, 2.05) is 25.2 Å². The molecule has 0 atom stereocenters. The number of benzene rings is 1. The van der Waals surface area contributed by atoms with Crippen LogP contribution < -0.4 is 10.6 Å². The second-order valence-corrected chi connectivity index (χ2v) is 5.11. The highest BCUT2D eigenvalue weighted by Crippen LogP contribution is 2.12. The van der Waals surface area contributed by atoms with E-state index in [9.17, 15) is 0 Å². The van der Waals surface area contributed by atoms with Crippen molar-refractivity contribution in [2.24, 2.45) is 0 Å². The summed E-state index contributed by atoms with van der Waals surface area (Å²) in [5.41, 5.74) is 1.22. The van der Waals surface area contributed by atoms with Gasteiger partial charge in [0.05, 0.1) is 0 Å². The molecule has 1 heterocycles. The number of nitrogens with zero attached hydrogens (tertiary/aromatic N) is 2. The van der Waals surface area contributed by atoms with Crippen LogP contribution in [0.25, 0.3) is 0 Å². The summed E-state index contributed by atoms with van der Waals surface area (Å²) < 4.78 is 1.09. The first-order valence-corrected chi connectivity index (χ1v) is 7.02. The van der Waals surface area contributed by atoms with Crippen molar-refractivity contribution < 1.29 is 0 Å². The normalized spacial score (nSPS) is 10.4. The molecule has 4 nitrogen and oxygen atoms in total. The van der Waals surface area contributed by atoms with Crippen molar-refractivity contribution in [3.05, 3.63) is 52.4 Å². The van der Waals surface area contributed by atoms with Gasteiger partial charge in [0.2, 0.25) is 0 Å². The average molecular weight is 321 g/mol. The molecule has 5 heteroatoms. The van der Waals surface area contributed by atoms with E-state index < -0.39 is 0 Å². The van der Waals surface area contributed by atoms with E-state index >= 15 is 0 Å². The Labute approximate surface area is 121 Å². The van der Waals surface area contributed by atoms with Gasteiger partial charge in [-0.1, -0.05) is 28.1 Å². The van der Waals surface area contributed by atoms with Crippen LogP contribution in [0.2, 0.25) is 0 Å². The van der Waals surface area contributed by atoms with Crippen molar-refractivity contribution in [3.63, 3.8) is 0 Å². The maximum atomic E-state index is 4.47. The Kier molecular flexibility index (Phi) is 5.30. The van der Waals surface area contributed by atoms with Gasteiger partial charge >= 0.3 is 0 Å². The molecule has 19 heavy (non-hydrogen) atoms. The van der Waals surface area contributed by atoms with Crippen LogP contribution in [0.1, 0.15) is 11.4 Å². The molecule has 100 valence electrons. The molecule has 2 aromatic rings. The number of likely N-dealkylation sites (N-methyl/N-ethyl adjacent to an activating group) is 1. The summed E-state index contributed by atoms with van der Waals surface area (Å²) in [7, 11) is 1.93. The Bertz CT molecular complexity index is 513. The Morgan fingerprint density at radius 1 is 1.16 bits per heavy atom. The molecule has 2 rings (SSSR count). The summed E-state index contributed by atoms with van der Waals surface area (Å²) in [4.78, 5) is 8.72. The average Bonchev–Trinajstić information content (AvgIpc) is 2.45. The third-order valence-corrected chi connectivity index (χ3v) is 3.22. The fourth-order valence-corrected chi connectivity index (χ4v) is 1.91. The number of anilines is 1. The van der Waals surface area contributed by atoms with Gasteiger partial charge in [-0.2, -0.15) is 0 Å². The number of nitrogens with one attached hydrogen (secondary N) is 2. The zero-order valence-electron chi connectivity index (χ0n) is 10.9. The molecule has 0 spiro atoms. The zero-order valence-corrected chi connectivity index (χ0v) is 12.4. The van der Waals surface area contributed by atoms with Gasteiger partial charge in [-0.15, -0.1) is 0 Å². The van der Waals surface area contributed by atoms with Gasteiger partial charge in [-0.05, 0) is 30.8 Å². The third kappa shape index (κ3) is 4.61. The summed E-state index contributed by atoms with van der Waals surface area (Å²) in [5, 5.41) is 6.40. The van der Waals surface area contributed by atoms with Crippen LogP contribution in [0.4, 0.5) is 5.82 Å². The first-order valence-electron chi connectivity index (χ1n) is 6.23. The van der Waals surface area contributed by atoms with Gasteiger partial charge in [0, 0.05) is 30.2 Å². The first-order chi connectivity index (χ1) is 9.28. The van der Waals surface area contributed by atoms with Crippen LogP contribution in [0.15, 0.2) is 41.0 Å². The van der Waals surface area contributed by atoms with E-state index in [1.165, 1.54) is 5.56 Å². The van der Waals surface area contributed by atoms with Gasteiger partial charge in [0.25, 0.3) is 0 Å². The number of rotatable bonds is 6. The fraction of sp³-hybridized carbons (Fsp3) is 0.286. The van der Waals surface area contributed by atoms with Gasteiger partial charge in [0.15, 0.2) is 0 Å². The third-order valence-electron chi connectivity index (χ3n) is 2.69. The highest BCUT2D eigenvalue weighted by atomic mass is 79.9. The van der Waals surface area contributed by atoms with Crippen LogP contribution in [0.3, 0.4) is 0 Å². The Hall–Kier alpha value is -1.46. The minimum atomic E-state index is 0.760. The maximum absolute atomic E-state index is 4.47.